The van der Waals surface area contributed by atoms with E-state index in [4.69, 9.17) is 10.5 Å². The first-order chi connectivity index (χ1) is 11.2. The molecule has 1 aromatic rings. The van der Waals surface area contributed by atoms with Crippen LogP contribution in [0, 0.1) is 6.92 Å². The molecule has 1 unspecified atom stereocenters. The van der Waals surface area contributed by atoms with Crippen LogP contribution in [-0.2, 0) is 4.74 Å². The summed E-state index contributed by atoms with van der Waals surface area (Å²) >= 11 is 1.86. The van der Waals surface area contributed by atoms with Crippen LogP contribution in [0.3, 0.4) is 0 Å². The maximum absolute atomic E-state index is 6.11. The summed E-state index contributed by atoms with van der Waals surface area (Å²) in [5.41, 5.74) is 6.11. The first kappa shape index (κ1) is 19.9. The zero-order valence-corrected chi connectivity index (χ0v) is 17.5. The van der Waals surface area contributed by atoms with Gasteiger partial charge in [0, 0.05) is 28.9 Å². The maximum atomic E-state index is 6.11. The van der Waals surface area contributed by atoms with Gasteiger partial charge in [-0.1, -0.05) is 12.8 Å². The lowest BCUT2D eigenvalue weighted by Crippen LogP contribution is -2.41. The quantitative estimate of drug-likeness (QED) is 0.400. The van der Waals surface area contributed by atoms with E-state index in [1.165, 1.54) is 35.4 Å². The van der Waals surface area contributed by atoms with Crippen molar-refractivity contribution < 1.29 is 4.74 Å². The summed E-state index contributed by atoms with van der Waals surface area (Å²) in [7, 11) is 0. The SMILES string of the molecule is Cc1ccc(C(CN=C(N)NC2CCCC2)N2CCOCC2)s1.I. The van der Waals surface area contributed by atoms with Gasteiger partial charge in [-0.15, -0.1) is 35.3 Å². The normalized spacial score (nSPS) is 21.5. The molecule has 1 saturated carbocycles. The van der Waals surface area contributed by atoms with Crippen molar-refractivity contribution in [2.45, 2.75) is 44.7 Å². The van der Waals surface area contributed by atoms with Gasteiger partial charge in [-0.25, -0.2) is 0 Å². The van der Waals surface area contributed by atoms with Crippen molar-refractivity contribution >= 4 is 41.3 Å². The Morgan fingerprint density at radius 2 is 2.08 bits per heavy atom. The smallest absolute Gasteiger partial charge is 0.188 e. The number of aryl methyl sites for hydroxylation is 1. The van der Waals surface area contributed by atoms with Gasteiger partial charge in [0.15, 0.2) is 5.96 Å². The molecule has 2 fully saturated rings. The maximum Gasteiger partial charge on any atom is 0.188 e. The predicted molar refractivity (Wildman–Crippen MR) is 111 cm³/mol. The Kier molecular flexibility index (Phi) is 8.25. The van der Waals surface area contributed by atoms with Crippen LogP contribution in [0.2, 0.25) is 0 Å². The molecule has 1 aliphatic heterocycles. The second kappa shape index (κ2) is 9.94. The number of rotatable bonds is 5. The fourth-order valence-electron chi connectivity index (χ4n) is 3.42. The molecule has 2 heterocycles. The molecule has 0 radical (unpaired) electrons. The van der Waals surface area contributed by atoms with Gasteiger partial charge in [0.25, 0.3) is 0 Å². The topological polar surface area (TPSA) is 62.9 Å². The van der Waals surface area contributed by atoms with Crippen LogP contribution in [0.15, 0.2) is 17.1 Å². The Bertz CT molecular complexity index is 524. The summed E-state index contributed by atoms with van der Waals surface area (Å²) in [6.45, 7) is 6.41. The highest BCUT2D eigenvalue weighted by Crippen LogP contribution is 2.28. The molecule has 0 bridgehead atoms. The molecule has 7 heteroatoms. The molecule has 136 valence electrons. The van der Waals surface area contributed by atoms with Crippen molar-refractivity contribution in [3.63, 3.8) is 0 Å². The number of guanidine groups is 1. The number of halogens is 1. The summed E-state index contributed by atoms with van der Waals surface area (Å²) in [6, 6.07) is 5.25. The Morgan fingerprint density at radius 3 is 2.71 bits per heavy atom. The third kappa shape index (κ3) is 5.57. The second-order valence-corrected chi connectivity index (χ2v) is 7.78. The Morgan fingerprint density at radius 1 is 1.38 bits per heavy atom. The van der Waals surface area contributed by atoms with Crippen LogP contribution in [0.4, 0.5) is 0 Å². The van der Waals surface area contributed by atoms with Gasteiger partial charge in [0.2, 0.25) is 0 Å². The standard InChI is InChI=1S/C17H28N4OS.HI/c1-13-6-7-16(23-13)15(21-8-10-22-11-9-21)12-19-17(18)20-14-4-2-3-5-14;/h6-7,14-15H,2-5,8-12H2,1H3,(H3,18,19,20);1H. The number of thiophene rings is 1. The average molecular weight is 464 g/mol. The molecule has 1 aliphatic carbocycles. The molecule has 2 aliphatic rings. The number of nitrogens with one attached hydrogen (secondary N) is 1. The number of nitrogens with zero attached hydrogens (tertiary/aromatic N) is 2. The summed E-state index contributed by atoms with van der Waals surface area (Å²) in [6.07, 6.45) is 5.03. The average Bonchev–Trinajstić information content (AvgIpc) is 3.21. The highest BCUT2D eigenvalue weighted by molar-refractivity contribution is 14.0. The predicted octanol–water partition coefficient (Wildman–Crippen LogP) is 2.89. The lowest BCUT2D eigenvalue weighted by atomic mass is 10.2. The van der Waals surface area contributed by atoms with Crippen molar-refractivity contribution in [1.82, 2.24) is 10.2 Å². The van der Waals surface area contributed by atoms with E-state index in [0.29, 0.717) is 24.6 Å². The molecule has 0 aromatic carbocycles. The number of nitrogens with two attached hydrogens (primary N) is 1. The first-order valence-corrected chi connectivity index (χ1v) is 9.48. The van der Waals surface area contributed by atoms with Crippen molar-refractivity contribution in [2.75, 3.05) is 32.8 Å². The van der Waals surface area contributed by atoms with Gasteiger partial charge < -0.3 is 15.8 Å². The Labute approximate surface area is 166 Å². The fraction of sp³-hybridized carbons (Fsp3) is 0.706. The highest BCUT2D eigenvalue weighted by Gasteiger charge is 2.24. The van der Waals surface area contributed by atoms with E-state index in [0.717, 1.165) is 26.3 Å². The summed E-state index contributed by atoms with van der Waals surface area (Å²) in [5.74, 6) is 0.600. The molecule has 3 N–H and O–H groups in total. The Balaban J connectivity index is 0.00000208. The zero-order chi connectivity index (χ0) is 16.1. The van der Waals surface area contributed by atoms with E-state index >= 15 is 0 Å². The van der Waals surface area contributed by atoms with Gasteiger partial charge >= 0.3 is 0 Å². The van der Waals surface area contributed by atoms with Gasteiger partial charge in [-0.2, -0.15) is 0 Å². The second-order valence-electron chi connectivity index (χ2n) is 6.46. The number of aliphatic imine (C=N–C) groups is 1. The fourth-order valence-corrected chi connectivity index (χ4v) is 4.42. The Hall–Kier alpha value is -0.380. The summed E-state index contributed by atoms with van der Waals surface area (Å²) in [5, 5.41) is 3.38. The summed E-state index contributed by atoms with van der Waals surface area (Å²) in [4.78, 5) is 9.85. The minimum Gasteiger partial charge on any atom is -0.379 e. The largest absolute Gasteiger partial charge is 0.379 e. The minimum atomic E-state index is 0. The lowest BCUT2D eigenvalue weighted by molar-refractivity contribution is 0.0187. The minimum absolute atomic E-state index is 0. The molecule has 0 spiro atoms. The van der Waals surface area contributed by atoms with Crippen LogP contribution in [-0.4, -0.2) is 49.7 Å². The third-order valence-electron chi connectivity index (χ3n) is 4.72. The van der Waals surface area contributed by atoms with Gasteiger partial charge in [-0.05, 0) is 31.9 Å². The summed E-state index contributed by atoms with van der Waals surface area (Å²) < 4.78 is 5.49. The third-order valence-corrected chi connectivity index (χ3v) is 5.82. The van der Waals surface area contributed by atoms with E-state index in [1.54, 1.807) is 0 Å². The van der Waals surface area contributed by atoms with Gasteiger partial charge in [-0.3, -0.25) is 9.89 Å². The first-order valence-electron chi connectivity index (χ1n) is 8.67. The van der Waals surface area contributed by atoms with Crippen LogP contribution >= 0.6 is 35.3 Å². The van der Waals surface area contributed by atoms with Crippen molar-refractivity contribution in [1.29, 1.82) is 0 Å². The molecule has 3 rings (SSSR count). The number of ether oxygens (including phenoxy) is 1. The van der Waals surface area contributed by atoms with Crippen LogP contribution in [0.25, 0.3) is 0 Å². The van der Waals surface area contributed by atoms with Crippen LogP contribution < -0.4 is 11.1 Å². The van der Waals surface area contributed by atoms with E-state index < -0.39 is 0 Å². The molecular weight excluding hydrogens is 435 g/mol. The molecule has 1 aromatic heterocycles. The molecule has 0 amide bonds. The molecule has 24 heavy (non-hydrogen) atoms. The lowest BCUT2D eigenvalue weighted by Gasteiger charge is -2.33. The number of morpholine rings is 1. The molecular formula is C17H29IN4OS. The molecule has 5 nitrogen and oxygen atoms in total. The van der Waals surface area contributed by atoms with Crippen LogP contribution in [0.1, 0.15) is 41.5 Å². The zero-order valence-electron chi connectivity index (χ0n) is 14.4. The van der Waals surface area contributed by atoms with E-state index in [-0.39, 0.29) is 24.0 Å². The van der Waals surface area contributed by atoms with E-state index in [2.05, 4.69) is 34.3 Å². The van der Waals surface area contributed by atoms with Gasteiger partial charge in [0.05, 0.1) is 25.8 Å². The number of hydrogen-bond donors (Lipinski definition) is 2. The molecule has 1 atom stereocenters. The van der Waals surface area contributed by atoms with E-state index in [1.807, 2.05) is 11.3 Å². The highest BCUT2D eigenvalue weighted by atomic mass is 127. The molecule has 1 saturated heterocycles. The monoisotopic (exact) mass is 464 g/mol. The number of hydrogen-bond acceptors (Lipinski definition) is 4. The van der Waals surface area contributed by atoms with Crippen molar-refractivity contribution in [3.05, 3.63) is 21.9 Å². The van der Waals surface area contributed by atoms with Crippen molar-refractivity contribution in [2.24, 2.45) is 10.7 Å². The van der Waals surface area contributed by atoms with Gasteiger partial charge in [0.1, 0.15) is 0 Å². The van der Waals surface area contributed by atoms with Crippen molar-refractivity contribution in [3.8, 4) is 0 Å². The van der Waals surface area contributed by atoms with Crippen LogP contribution in [0.5, 0.6) is 0 Å². The van der Waals surface area contributed by atoms with E-state index in [9.17, 15) is 0 Å².